The second-order valence-corrected chi connectivity index (χ2v) is 5.15. The third-order valence-electron chi connectivity index (χ3n) is 2.88. The van der Waals surface area contributed by atoms with E-state index in [1.165, 1.54) is 0 Å². The van der Waals surface area contributed by atoms with Gasteiger partial charge in [0, 0.05) is 29.7 Å². The van der Waals surface area contributed by atoms with Crippen molar-refractivity contribution >= 4 is 21.8 Å². The van der Waals surface area contributed by atoms with Crippen molar-refractivity contribution in [3.8, 4) is 0 Å². The van der Waals surface area contributed by atoms with Crippen LogP contribution in [0.2, 0.25) is 0 Å². The molecule has 1 fully saturated rings. The summed E-state index contributed by atoms with van der Waals surface area (Å²) in [5, 5.41) is 0. The molecule has 2 rings (SSSR count). The monoisotopic (exact) mass is 297 g/mol. The summed E-state index contributed by atoms with van der Waals surface area (Å²) < 4.78 is 6.04. The topological polar surface area (TPSA) is 29.5 Å². The van der Waals surface area contributed by atoms with Crippen LogP contribution in [0.25, 0.3) is 0 Å². The van der Waals surface area contributed by atoms with E-state index in [4.69, 9.17) is 4.74 Å². The van der Waals surface area contributed by atoms with Crippen molar-refractivity contribution < 1.29 is 9.53 Å². The summed E-state index contributed by atoms with van der Waals surface area (Å²) in [6, 6.07) is 7.92. The first kappa shape index (κ1) is 12.6. The Morgan fingerprint density at radius 2 is 2.06 bits per heavy atom. The van der Waals surface area contributed by atoms with Gasteiger partial charge in [-0.05, 0) is 37.1 Å². The van der Waals surface area contributed by atoms with E-state index >= 15 is 0 Å². The molecule has 4 heteroatoms. The number of rotatable bonds is 5. The fourth-order valence-corrected chi connectivity index (χ4v) is 2.05. The Labute approximate surface area is 110 Å². The zero-order chi connectivity index (χ0) is 12.3. The first-order chi connectivity index (χ1) is 8.22. The molecule has 1 amide bonds. The van der Waals surface area contributed by atoms with Crippen LogP contribution >= 0.6 is 15.9 Å². The molecule has 0 saturated heterocycles. The van der Waals surface area contributed by atoms with Crippen molar-refractivity contribution in [2.75, 3.05) is 20.3 Å². The minimum atomic E-state index is 0.108. The number of hydrogen-bond acceptors (Lipinski definition) is 2. The molecule has 0 aromatic heterocycles. The zero-order valence-electron chi connectivity index (χ0n) is 9.86. The maximum Gasteiger partial charge on any atom is 0.254 e. The van der Waals surface area contributed by atoms with Gasteiger partial charge in [-0.25, -0.2) is 0 Å². The van der Waals surface area contributed by atoms with Gasteiger partial charge in [0.1, 0.15) is 0 Å². The number of methoxy groups -OCH3 is 1. The Morgan fingerprint density at radius 1 is 1.41 bits per heavy atom. The Hall–Kier alpha value is -0.870. The molecule has 1 aliphatic rings. The van der Waals surface area contributed by atoms with E-state index in [1.807, 2.05) is 29.2 Å². The van der Waals surface area contributed by atoms with E-state index in [9.17, 15) is 4.79 Å². The summed E-state index contributed by atoms with van der Waals surface area (Å²) >= 11 is 3.37. The molecule has 0 spiro atoms. The molecule has 1 aromatic rings. The third-order valence-corrected chi connectivity index (χ3v) is 3.40. The smallest absolute Gasteiger partial charge is 0.254 e. The van der Waals surface area contributed by atoms with E-state index < -0.39 is 0 Å². The normalized spacial score (nSPS) is 14.7. The van der Waals surface area contributed by atoms with Gasteiger partial charge in [0.2, 0.25) is 0 Å². The average molecular weight is 298 g/mol. The molecule has 0 heterocycles. The van der Waals surface area contributed by atoms with Gasteiger partial charge < -0.3 is 9.64 Å². The summed E-state index contributed by atoms with van der Waals surface area (Å²) in [5.41, 5.74) is 0.746. The molecule has 0 bridgehead atoms. The first-order valence-corrected chi connectivity index (χ1v) is 6.57. The quantitative estimate of drug-likeness (QED) is 0.836. The van der Waals surface area contributed by atoms with Crippen LogP contribution in [-0.4, -0.2) is 37.1 Å². The maximum absolute atomic E-state index is 12.3. The maximum atomic E-state index is 12.3. The standard InChI is InChI=1S/C13H16BrNO2/c1-17-9-8-15(12-6-7-12)13(16)10-2-4-11(14)5-3-10/h2-5,12H,6-9H2,1H3. The average Bonchev–Trinajstić information content (AvgIpc) is 3.14. The molecule has 0 radical (unpaired) electrons. The molecular weight excluding hydrogens is 282 g/mol. The molecule has 3 nitrogen and oxygen atoms in total. The highest BCUT2D eigenvalue weighted by Gasteiger charge is 2.32. The summed E-state index contributed by atoms with van der Waals surface area (Å²) in [4.78, 5) is 14.2. The number of benzene rings is 1. The van der Waals surface area contributed by atoms with E-state index in [-0.39, 0.29) is 5.91 Å². The largest absolute Gasteiger partial charge is 0.383 e. The van der Waals surface area contributed by atoms with Crippen molar-refractivity contribution in [2.45, 2.75) is 18.9 Å². The number of halogens is 1. The van der Waals surface area contributed by atoms with Crippen molar-refractivity contribution in [3.63, 3.8) is 0 Å². The van der Waals surface area contributed by atoms with E-state index in [0.717, 1.165) is 22.9 Å². The van der Waals surface area contributed by atoms with Gasteiger partial charge in [0.15, 0.2) is 0 Å². The summed E-state index contributed by atoms with van der Waals surface area (Å²) in [5.74, 6) is 0.108. The third kappa shape index (κ3) is 3.30. The SMILES string of the molecule is COCCN(C(=O)c1ccc(Br)cc1)C1CC1. The van der Waals surface area contributed by atoms with Crippen LogP contribution < -0.4 is 0 Å². The van der Waals surface area contributed by atoms with Crippen molar-refractivity contribution in [1.29, 1.82) is 0 Å². The number of carbonyl (C=O) groups excluding carboxylic acids is 1. The molecule has 1 aromatic carbocycles. The second kappa shape index (κ2) is 5.65. The van der Waals surface area contributed by atoms with Crippen LogP contribution in [0, 0.1) is 0 Å². The summed E-state index contributed by atoms with van der Waals surface area (Å²) in [7, 11) is 1.66. The highest BCUT2D eigenvalue weighted by molar-refractivity contribution is 9.10. The second-order valence-electron chi connectivity index (χ2n) is 4.23. The zero-order valence-corrected chi connectivity index (χ0v) is 11.4. The molecule has 1 saturated carbocycles. The van der Waals surface area contributed by atoms with E-state index in [0.29, 0.717) is 19.2 Å². The van der Waals surface area contributed by atoms with Crippen molar-refractivity contribution in [3.05, 3.63) is 34.3 Å². The molecule has 1 aliphatic carbocycles. The van der Waals surface area contributed by atoms with Crippen LogP contribution in [0.4, 0.5) is 0 Å². The number of carbonyl (C=O) groups is 1. The number of amides is 1. The molecule has 0 unspecified atom stereocenters. The van der Waals surface area contributed by atoms with Gasteiger partial charge in [-0.2, -0.15) is 0 Å². The van der Waals surface area contributed by atoms with Gasteiger partial charge in [0.25, 0.3) is 5.91 Å². The molecule has 0 N–H and O–H groups in total. The fourth-order valence-electron chi connectivity index (χ4n) is 1.78. The van der Waals surface area contributed by atoms with Gasteiger partial charge in [-0.1, -0.05) is 15.9 Å². The Morgan fingerprint density at radius 3 is 2.59 bits per heavy atom. The van der Waals surface area contributed by atoms with Crippen LogP contribution in [-0.2, 0) is 4.74 Å². The van der Waals surface area contributed by atoms with Gasteiger partial charge in [-0.15, -0.1) is 0 Å². The van der Waals surface area contributed by atoms with Gasteiger partial charge in [-0.3, -0.25) is 4.79 Å². The van der Waals surface area contributed by atoms with Crippen molar-refractivity contribution in [1.82, 2.24) is 4.90 Å². The van der Waals surface area contributed by atoms with Gasteiger partial charge >= 0.3 is 0 Å². The van der Waals surface area contributed by atoms with Crippen molar-refractivity contribution in [2.24, 2.45) is 0 Å². The predicted molar refractivity (Wildman–Crippen MR) is 70.1 cm³/mol. The highest BCUT2D eigenvalue weighted by Crippen LogP contribution is 2.28. The Bertz CT molecular complexity index is 387. The summed E-state index contributed by atoms with van der Waals surface area (Å²) in [6.45, 7) is 1.27. The molecule has 0 aliphatic heterocycles. The summed E-state index contributed by atoms with van der Waals surface area (Å²) in [6.07, 6.45) is 2.23. The van der Waals surface area contributed by atoms with Crippen LogP contribution in [0.3, 0.4) is 0 Å². The minimum absolute atomic E-state index is 0.108. The predicted octanol–water partition coefficient (Wildman–Crippen LogP) is 2.70. The van der Waals surface area contributed by atoms with Crippen LogP contribution in [0.1, 0.15) is 23.2 Å². The lowest BCUT2D eigenvalue weighted by Crippen LogP contribution is -2.35. The molecule has 17 heavy (non-hydrogen) atoms. The first-order valence-electron chi connectivity index (χ1n) is 5.78. The number of ether oxygens (including phenoxy) is 1. The highest BCUT2D eigenvalue weighted by atomic mass is 79.9. The van der Waals surface area contributed by atoms with Gasteiger partial charge in [0.05, 0.1) is 6.61 Å². The minimum Gasteiger partial charge on any atom is -0.383 e. The van der Waals surface area contributed by atoms with E-state index in [1.54, 1.807) is 7.11 Å². The number of hydrogen-bond donors (Lipinski definition) is 0. The lowest BCUT2D eigenvalue weighted by molar-refractivity contribution is 0.0680. The lowest BCUT2D eigenvalue weighted by Gasteiger charge is -2.22. The molecule has 92 valence electrons. The van der Waals surface area contributed by atoms with Crippen LogP contribution in [0.5, 0.6) is 0 Å². The fraction of sp³-hybridized carbons (Fsp3) is 0.462. The molecule has 0 atom stereocenters. The molecular formula is C13H16BrNO2. The van der Waals surface area contributed by atoms with Crippen LogP contribution in [0.15, 0.2) is 28.7 Å². The van der Waals surface area contributed by atoms with E-state index in [2.05, 4.69) is 15.9 Å². The Balaban J connectivity index is 2.07. The number of nitrogens with zero attached hydrogens (tertiary/aromatic N) is 1. The lowest BCUT2D eigenvalue weighted by atomic mass is 10.2. The Kier molecular flexibility index (Phi) is 4.18.